The van der Waals surface area contributed by atoms with Crippen molar-refractivity contribution in [2.24, 2.45) is 0 Å². The molecule has 0 radical (unpaired) electrons. The van der Waals surface area contributed by atoms with E-state index in [4.69, 9.17) is 9.97 Å². The summed E-state index contributed by atoms with van der Waals surface area (Å²) in [5.74, 6) is 0.846. The van der Waals surface area contributed by atoms with Crippen LogP contribution in [0.15, 0.2) is 36.6 Å². The highest BCUT2D eigenvalue weighted by atomic mass is 32.1. The zero-order valence-corrected chi connectivity index (χ0v) is 13.3. The van der Waals surface area contributed by atoms with E-state index in [-0.39, 0.29) is 5.54 Å². The van der Waals surface area contributed by atoms with E-state index in [0.717, 1.165) is 57.4 Å². The van der Waals surface area contributed by atoms with Crippen molar-refractivity contribution in [3.8, 4) is 0 Å². The quantitative estimate of drug-likeness (QED) is 0.682. The van der Waals surface area contributed by atoms with Crippen LogP contribution < -0.4 is 0 Å². The van der Waals surface area contributed by atoms with Gasteiger partial charge in [0, 0.05) is 35.9 Å². The van der Waals surface area contributed by atoms with E-state index in [1.165, 1.54) is 0 Å². The van der Waals surface area contributed by atoms with E-state index in [1.54, 1.807) is 17.5 Å². The Morgan fingerprint density at radius 1 is 1.30 bits per heavy atom. The predicted molar refractivity (Wildman–Crippen MR) is 89.0 cm³/mol. The first kappa shape index (κ1) is 13.5. The molecule has 0 N–H and O–H groups in total. The summed E-state index contributed by atoms with van der Waals surface area (Å²) < 4.78 is 14.2. The fourth-order valence-electron chi connectivity index (χ4n) is 4.09. The number of aromatic nitrogens is 3. The summed E-state index contributed by atoms with van der Waals surface area (Å²) in [6, 6.07) is 2.01. The van der Waals surface area contributed by atoms with Gasteiger partial charge < -0.3 is 0 Å². The zero-order valence-electron chi connectivity index (χ0n) is 12.5. The third-order valence-corrected chi connectivity index (χ3v) is 6.19. The molecule has 0 aliphatic carbocycles. The highest BCUT2D eigenvalue weighted by molar-refractivity contribution is 7.25. The molecule has 0 unspecified atom stereocenters. The molecule has 0 bridgehead atoms. The normalized spacial score (nSPS) is 26.6. The Balaban J connectivity index is 1.69. The lowest BCUT2D eigenvalue weighted by Crippen LogP contribution is -2.37. The van der Waals surface area contributed by atoms with Crippen LogP contribution in [-0.2, 0) is 5.54 Å². The third-order valence-electron chi connectivity index (χ3n) is 5.14. The first-order valence-corrected chi connectivity index (χ1v) is 8.65. The molecule has 23 heavy (non-hydrogen) atoms. The lowest BCUT2D eigenvalue weighted by atomic mass is 9.91. The standard InChI is InChI=1S/C17H15FN4S/c18-7-11-6-17(3-1-5-22(17)10-11)16-20-8-13-12-2-4-19-9-14(12)23-15(13)21-16/h2,4,7-9H,1,3,5-6,10H2/b11-7-/t17-/m0/s1. The Hall–Kier alpha value is -1.92. The van der Waals surface area contributed by atoms with E-state index in [2.05, 4.69) is 9.88 Å². The summed E-state index contributed by atoms with van der Waals surface area (Å²) in [6.45, 7) is 1.70. The molecule has 4 nitrogen and oxygen atoms in total. The van der Waals surface area contributed by atoms with Gasteiger partial charge in [-0.05, 0) is 37.4 Å². The maximum absolute atomic E-state index is 13.0. The molecule has 2 aliphatic rings. The summed E-state index contributed by atoms with van der Waals surface area (Å²) in [5, 5.41) is 2.24. The Labute approximate surface area is 136 Å². The fourth-order valence-corrected chi connectivity index (χ4v) is 5.10. The average molecular weight is 326 g/mol. The minimum atomic E-state index is -0.208. The van der Waals surface area contributed by atoms with Gasteiger partial charge in [-0.2, -0.15) is 0 Å². The number of fused-ring (bicyclic) bond motifs is 4. The first-order valence-electron chi connectivity index (χ1n) is 7.83. The molecule has 2 saturated heterocycles. The van der Waals surface area contributed by atoms with Crippen LogP contribution in [0.25, 0.3) is 20.3 Å². The summed E-state index contributed by atoms with van der Waals surface area (Å²) in [4.78, 5) is 17.1. The minimum Gasteiger partial charge on any atom is -0.287 e. The SMILES string of the molecule is F/C=C1\CN2CCC[C@@]2(c2ncc3c(n2)sc2cnccc23)C1. The van der Waals surface area contributed by atoms with E-state index in [1.807, 2.05) is 18.5 Å². The van der Waals surface area contributed by atoms with Crippen LogP contribution in [-0.4, -0.2) is 32.9 Å². The van der Waals surface area contributed by atoms with Crippen LogP contribution >= 0.6 is 11.3 Å². The number of hydrogen-bond acceptors (Lipinski definition) is 5. The van der Waals surface area contributed by atoms with Gasteiger partial charge in [-0.15, -0.1) is 11.3 Å². The van der Waals surface area contributed by atoms with Crippen molar-refractivity contribution in [1.29, 1.82) is 0 Å². The smallest absolute Gasteiger partial charge is 0.150 e. The maximum Gasteiger partial charge on any atom is 0.150 e. The molecule has 1 atom stereocenters. The van der Waals surface area contributed by atoms with E-state index in [9.17, 15) is 4.39 Å². The molecule has 6 heteroatoms. The molecule has 2 aliphatic heterocycles. The Bertz CT molecular complexity index is 950. The van der Waals surface area contributed by atoms with E-state index >= 15 is 0 Å². The molecule has 5 heterocycles. The van der Waals surface area contributed by atoms with Crippen LogP contribution in [0.5, 0.6) is 0 Å². The van der Waals surface area contributed by atoms with Crippen molar-refractivity contribution in [3.05, 3.63) is 42.4 Å². The van der Waals surface area contributed by atoms with E-state index in [0.29, 0.717) is 13.0 Å². The molecule has 0 saturated carbocycles. The Morgan fingerprint density at radius 2 is 2.26 bits per heavy atom. The largest absolute Gasteiger partial charge is 0.287 e. The van der Waals surface area contributed by atoms with Gasteiger partial charge in [-0.1, -0.05) is 0 Å². The molecule has 0 spiro atoms. The predicted octanol–water partition coefficient (Wildman–Crippen LogP) is 3.79. The van der Waals surface area contributed by atoms with Crippen molar-refractivity contribution >= 4 is 31.6 Å². The lowest BCUT2D eigenvalue weighted by molar-refractivity contribution is 0.186. The monoisotopic (exact) mass is 326 g/mol. The molecule has 3 aromatic rings. The average Bonchev–Trinajstić information content (AvgIpc) is 3.24. The molecule has 2 fully saturated rings. The number of thiophene rings is 1. The molecule has 0 aromatic carbocycles. The van der Waals surface area contributed by atoms with Gasteiger partial charge in [0.05, 0.1) is 16.6 Å². The second-order valence-electron chi connectivity index (χ2n) is 6.39. The topological polar surface area (TPSA) is 41.9 Å². The van der Waals surface area contributed by atoms with Crippen molar-refractivity contribution in [1.82, 2.24) is 19.9 Å². The lowest BCUT2D eigenvalue weighted by Gasteiger charge is -2.29. The number of rotatable bonds is 1. The molecular weight excluding hydrogens is 311 g/mol. The third kappa shape index (κ3) is 1.82. The summed E-state index contributed by atoms with van der Waals surface area (Å²) in [5.41, 5.74) is 0.648. The Morgan fingerprint density at radius 3 is 3.17 bits per heavy atom. The van der Waals surface area contributed by atoms with Crippen LogP contribution in [0.4, 0.5) is 4.39 Å². The van der Waals surface area contributed by atoms with Crippen molar-refractivity contribution < 1.29 is 4.39 Å². The van der Waals surface area contributed by atoms with Gasteiger partial charge in [-0.25, -0.2) is 14.4 Å². The van der Waals surface area contributed by atoms with Crippen LogP contribution in [0.1, 0.15) is 25.1 Å². The second kappa shape index (κ2) is 4.79. The van der Waals surface area contributed by atoms with E-state index < -0.39 is 0 Å². The second-order valence-corrected chi connectivity index (χ2v) is 7.42. The maximum atomic E-state index is 13.0. The first-order chi connectivity index (χ1) is 11.3. The molecular formula is C17H15FN4S. The summed E-state index contributed by atoms with van der Waals surface area (Å²) in [6.07, 6.45) is 9.21. The van der Waals surface area contributed by atoms with Gasteiger partial charge in [0.1, 0.15) is 4.83 Å². The Kier molecular flexibility index (Phi) is 2.81. The van der Waals surface area contributed by atoms with Gasteiger partial charge in [0.25, 0.3) is 0 Å². The molecule has 0 amide bonds. The highest BCUT2D eigenvalue weighted by Gasteiger charge is 2.49. The molecule has 5 rings (SSSR count). The van der Waals surface area contributed by atoms with Gasteiger partial charge in [0.2, 0.25) is 0 Å². The van der Waals surface area contributed by atoms with Crippen LogP contribution in [0.2, 0.25) is 0 Å². The highest BCUT2D eigenvalue weighted by Crippen LogP contribution is 2.48. The van der Waals surface area contributed by atoms with Gasteiger partial charge in [0.15, 0.2) is 5.82 Å². The molecule has 116 valence electrons. The van der Waals surface area contributed by atoms with Crippen molar-refractivity contribution in [3.63, 3.8) is 0 Å². The number of halogens is 1. The van der Waals surface area contributed by atoms with Gasteiger partial charge in [-0.3, -0.25) is 9.88 Å². The van der Waals surface area contributed by atoms with Crippen LogP contribution in [0, 0.1) is 0 Å². The minimum absolute atomic E-state index is 0.208. The zero-order chi connectivity index (χ0) is 15.4. The number of nitrogens with zero attached hydrogens (tertiary/aromatic N) is 4. The van der Waals surface area contributed by atoms with Crippen molar-refractivity contribution in [2.45, 2.75) is 24.8 Å². The van der Waals surface area contributed by atoms with Crippen molar-refractivity contribution in [2.75, 3.05) is 13.1 Å². The van der Waals surface area contributed by atoms with Crippen LogP contribution in [0.3, 0.4) is 0 Å². The molecule has 3 aromatic heterocycles. The number of hydrogen-bond donors (Lipinski definition) is 0. The van der Waals surface area contributed by atoms with Gasteiger partial charge >= 0.3 is 0 Å². The fraction of sp³-hybridized carbons (Fsp3) is 0.353. The summed E-state index contributed by atoms with van der Waals surface area (Å²) >= 11 is 1.65. The number of pyridine rings is 1. The summed E-state index contributed by atoms with van der Waals surface area (Å²) in [7, 11) is 0.